The lowest BCUT2D eigenvalue weighted by molar-refractivity contribution is 0.572. The largest absolute Gasteiger partial charge is 0.464 e. The Morgan fingerprint density at radius 3 is 2.22 bits per heavy atom. The summed E-state index contributed by atoms with van der Waals surface area (Å²) in [5.74, 6) is 3.10. The van der Waals surface area contributed by atoms with Gasteiger partial charge in [0.25, 0.3) is 0 Å². The quantitative estimate of drug-likeness (QED) is 0.708. The first-order valence-corrected chi connectivity index (χ1v) is 9.77. The van der Waals surface area contributed by atoms with Crippen molar-refractivity contribution in [1.82, 2.24) is 15.0 Å². The second kappa shape index (κ2) is 7.06. The van der Waals surface area contributed by atoms with Crippen LogP contribution in [0.25, 0.3) is 11.0 Å². The first-order valence-electron chi connectivity index (χ1n) is 9.77. The maximum Gasteiger partial charge on any atom is 0.139 e. The van der Waals surface area contributed by atoms with Crippen LogP contribution < -0.4 is 14.7 Å². The van der Waals surface area contributed by atoms with Gasteiger partial charge in [0, 0.05) is 51.5 Å². The summed E-state index contributed by atoms with van der Waals surface area (Å²) in [5, 5.41) is 1.08. The molecule has 2 fully saturated rings. The van der Waals surface area contributed by atoms with E-state index in [-0.39, 0.29) is 0 Å². The van der Waals surface area contributed by atoms with E-state index in [2.05, 4.69) is 35.7 Å². The summed E-state index contributed by atoms with van der Waals surface area (Å²) < 4.78 is 5.51. The highest BCUT2D eigenvalue weighted by Gasteiger charge is 2.22. The second-order valence-electron chi connectivity index (χ2n) is 7.22. The Balaban J connectivity index is 1.30. The molecule has 2 aliphatic rings. The molecule has 5 rings (SSSR count). The van der Waals surface area contributed by atoms with Gasteiger partial charge in [0.2, 0.25) is 0 Å². The summed E-state index contributed by atoms with van der Waals surface area (Å²) in [6, 6.07) is 6.06. The first-order chi connectivity index (χ1) is 13.4. The normalized spacial score (nSPS) is 18.3. The van der Waals surface area contributed by atoms with Crippen molar-refractivity contribution in [1.29, 1.82) is 0 Å². The molecule has 7 nitrogen and oxygen atoms in total. The summed E-state index contributed by atoms with van der Waals surface area (Å²) >= 11 is 0. The smallest absolute Gasteiger partial charge is 0.139 e. The monoisotopic (exact) mass is 364 g/mol. The molecule has 3 aromatic rings. The minimum atomic E-state index is 0.893. The van der Waals surface area contributed by atoms with Gasteiger partial charge in [0.05, 0.1) is 11.6 Å². The minimum absolute atomic E-state index is 0.893. The van der Waals surface area contributed by atoms with E-state index in [1.807, 2.05) is 18.3 Å². The maximum atomic E-state index is 5.51. The van der Waals surface area contributed by atoms with Gasteiger partial charge in [0.1, 0.15) is 29.4 Å². The number of rotatable bonds is 3. The molecule has 27 heavy (non-hydrogen) atoms. The summed E-state index contributed by atoms with van der Waals surface area (Å²) in [4.78, 5) is 20.7. The molecule has 0 spiro atoms. The predicted octanol–water partition coefficient (Wildman–Crippen LogP) is 2.93. The van der Waals surface area contributed by atoms with E-state index in [4.69, 9.17) is 4.42 Å². The highest BCUT2D eigenvalue weighted by molar-refractivity contribution is 5.88. The zero-order chi connectivity index (χ0) is 18.1. The molecule has 0 unspecified atom stereocenters. The molecule has 0 bridgehead atoms. The average molecular weight is 364 g/mol. The van der Waals surface area contributed by atoms with Crippen LogP contribution in [0.2, 0.25) is 0 Å². The minimum Gasteiger partial charge on any atom is -0.464 e. The first kappa shape index (κ1) is 16.4. The van der Waals surface area contributed by atoms with Crippen LogP contribution in [0.1, 0.15) is 19.3 Å². The maximum absolute atomic E-state index is 5.51. The highest BCUT2D eigenvalue weighted by Crippen LogP contribution is 2.27. The molecule has 0 aromatic carbocycles. The van der Waals surface area contributed by atoms with Crippen molar-refractivity contribution < 1.29 is 4.42 Å². The van der Waals surface area contributed by atoms with Gasteiger partial charge in [-0.05, 0) is 31.4 Å². The molecule has 5 heterocycles. The van der Waals surface area contributed by atoms with Gasteiger partial charge in [-0.3, -0.25) is 0 Å². The third kappa shape index (κ3) is 3.18. The van der Waals surface area contributed by atoms with Gasteiger partial charge in [-0.2, -0.15) is 0 Å². The van der Waals surface area contributed by atoms with Crippen molar-refractivity contribution >= 4 is 28.4 Å². The molecule has 2 saturated heterocycles. The fourth-order valence-corrected chi connectivity index (χ4v) is 4.09. The number of piperazine rings is 1. The third-order valence-corrected chi connectivity index (χ3v) is 5.58. The van der Waals surface area contributed by atoms with E-state index < -0.39 is 0 Å². The topological polar surface area (TPSA) is 61.5 Å². The number of anilines is 3. The number of pyridine rings is 1. The number of fused-ring (bicyclic) bond motifs is 1. The van der Waals surface area contributed by atoms with Gasteiger partial charge < -0.3 is 19.1 Å². The van der Waals surface area contributed by atoms with Crippen LogP contribution in [0.3, 0.4) is 0 Å². The van der Waals surface area contributed by atoms with Crippen molar-refractivity contribution in [3.05, 3.63) is 37.0 Å². The van der Waals surface area contributed by atoms with E-state index in [0.29, 0.717) is 0 Å². The summed E-state index contributed by atoms with van der Waals surface area (Å²) in [6.07, 6.45) is 9.10. The Morgan fingerprint density at radius 1 is 0.741 bits per heavy atom. The zero-order valence-corrected chi connectivity index (χ0v) is 15.4. The van der Waals surface area contributed by atoms with Gasteiger partial charge in [-0.1, -0.05) is 0 Å². The standard InChI is InChI=1S/C20H24N6O/c1-2-7-24(8-3-1)18-14-19(23-15-22-18)25-9-11-26(12-10-25)20-16-5-13-27-17(16)4-6-21-20/h4-6,13-15H,1-3,7-12H2. The number of aromatic nitrogens is 3. The van der Waals surface area contributed by atoms with Crippen molar-refractivity contribution in [3.63, 3.8) is 0 Å². The second-order valence-corrected chi connectivity index (χ2v) is 7.22. The number of hydrogen-bond acceptors (Lipinski definition) is 7. The van der Waals surface area contributed by atoms with Crippen molar-refractivity contribution in [3.8, 4) is 0 Å². The molecule has 0 saturated carbocycles. The molecule has 140 valence electrons. The fourth-order valence-electron chi connectivity index (χ4n) is 4.09. The van der Waals surface area contributed by atoms with Crippen molar-refractivity contribution in [2.45, 2.75) is 19.3 Å². The number of furan rings is 1. The highest BCUT2D eigenvalue weighted by atomic mass is 16.3. The SMILES string of the molecule is c1nc(N2CCCCC2)cc(N2CCN(c3nccc4occc34)CC2)n1. The van der Waals surface area contributed by atoms with Crippen LogP contribution in [-0.2, 0) is 0 Å². The molecule has 0 aliphatic carbocycles. The Labute approximate surface area is 158 Å². The lowest BCUT2D eigenvalue weighted by Gasteiger charge is -2.36. The van der Waals surface area contributed by atoms with Gasteiger partial charge >= 0.3 is 0 Å². The van der Waals surface area contributed by atoms with Gasteiger partial charge in [-0.15, -0.1) is 0 Å². The average Bonchev–Trinajstić information content (AvgIpc) is 3.24. The Hall–Kier alpha value is -2.83. The van der Waals surface area contributed by atoms with Gasteiger partial charge in [0.15, 0.2) is 0 Å². The Morgan fingerprint density at radius 2 is 1.44 bits per heavy atom. The fraction of sp³-hybridized carbons (Fsp3) is 0.450. The summed E-state index contributed by atoms with van der Waals surface area (Å²) in [7, 11) is 0. The van der Waals surface area contributed by atoms with Crippen LogP contribution in [0.4, 0.5) is 17.5 Å². The van der Waals surface area contributed by atoms with Crippen LogP contribution in [-0.4, -0.2) is 54.2 Å². The Kier molecular flexibility index (Phi) is 4.27. The van der Waals surface area contributed by atoms with Crippen molar-refractivity contribution in [2.24, 2.45) is 0 Å². The van der Waals surface area contributed by atoms with Crippen LogP contribution in [0.5, 0.6) is 0 Å². The lowest BCUT2D eigenvalue weighted by Crippen LogP contribution is -2.47. The molecule has 0 radical (unpaired) electrons. The molecule has 2 aliphatic heterocycles. The zero-order valence-electron chi connectivity index (χ0n) is 15.4. The van der Waals surface area contributed by atoms with E-state index >= 15 is 0 Å². The van der Waals surface area contributed by atoms with E-state index in [1.54, 1.807) is 12.6 Å². The summed E-state index contributed by atoms with van der Waals surface area (Å²) in [6.45, 7) is 5.88. The molecular weight excluding hydrogens is 340 g/mol. The Bertz CT molecular complexity index is 911. The number of piperidine rings is 1. The molecule has 3 aromatic heterocycles. The van der Waals surface area contributed by atoms with Crippen molar-refractivity contribution in [2.75, 3.05) is 54.0 Å². The van der Waals surface area contributed by atoms with E-state index in [0.717, 1.165) is 67.7 Å². The molecule has 0 amide bonds. The third-order valence-electron chi connectivity index (χ3n) is 5.58. The van der Waals surface area contributed by atoms with E-state index in [9.17, 15) is 0 Å². The lowest BCUT2D eigenvalue weighted by atomic mass is 10.1. The molecular formula is C20H24N6O. The molecule has 7 heteroatoms. The van der Waals surface area contributed by atoms with E-state index in [1.165, 1.54) is 19.3 Å². The molecule has 0 atom stereocenters. The van der Waals surface area contributed by atoms with Crippen LogP contribution in [0.15, 0.2) is 41.4 Å². The number of hydrogen-bond donors (Lipinski definition) is 0. The summed E-state index contributed by atoms with van der Waals surface area (Å²) in [5.41, 5.74) is 0.893. The predicted molar refractivity (Wildman–Crippen MR) is 107 cm³/mol. The molecule has 0 N–H and O–H groups in total. The van der Waals surface area contributed by atoms with Crippen LogP contribution >= 0.6 is 0 Å². The van der Waals surface area contributed by atoms with Crippen LogP contribution in [0, 0.1) is 0 Å². The number of nitrogens with zero attached hydrogens (tertiary/aromatic N) is 6. The van der Waals surface area contributed by atoms with Gasteiger partial charge in [-0.25, -0.2) is 15.0 Å².